The summed E-state index contributed by atoms with van der Waals surface area (Å²) in [7, 11) is 0. The van der Waals surface area contributed by atoms with Gasteiger partial charge in [-0.2, -0.15) is 0 Å². The Bertz CT molecular complexity index is 1480. The zero-order valence-corrected chi connectivity index (χ0v) is 24.2. The Kier molecular flexibility index (Phi) is 9.99. The first kappa shape index (κ1) is 31.0. The molecule has 0 bridgehead atoms. The van der Waals surface area contributed by atoms with Crippen LogP contribution in [0.4, 0.5) is 15.3 Å². The van der Waals surface area contributed by atoms with Gasteiger partial charge in [-0.25, -0.2) is 9.59 Å². The average Bonchev–Trinajstić information content (AvgIpc) is 3.29. The van der Waals surface area contributed by atoms with Crippen molar-refractivity contribution >= 4 is 53.0 Å². The van der Waals surface area contributed by atoms with Crippen molar-refractivity contribution < 1.29 is 33.5 Å². The molecule has 0 aliphatic carbocycles. The Morgan fingerprint density at radius 2 is 1.95 bits per heavy atom. The lowest BCUT2D eigenvalue weighted by Gasteiger charge is -2.29. The minimum Gasteiger partial charge on any atom is -0.445 e. The van der Waals surface area contributed by atoms with E-state index in [1.807, 2.05) is 6.92 Å². The molecule has 7 amide bonds. The number of amides is 7. The third-order valence-electron chi connectivity index (χ3n) is 6.86. The van der Waals surface area contributed by atoms with E-state index in [4.69, 9.17) is 16.3 Å². The number of carbonyl (C=O) groups is 6. The van der Waals surface area contributed by atoms with Crippen LogP contribution in [-0.2, 0) is 32.2 Å². The Labute approximate surface area is 252 Å². The zero-order chi connectivity index (χ0) is 31.1. The van der Waals surface area contributed by atoms with Gasteiger partial charge in [0, 0.05) is 35.8 Å². The molecule has 2 aromatic rings. The molecule has 0 aromatic heterocycles. The van der Waals surface area contributed by atoms with E-state index in [0.717, 1.165) is 5.56 Å². The highest BCUT2D eigenvalue weighted by molar-refractivity contribution is 6.31. The number of anilines is 1. The number of nitrogens with one attached hydrogen (secondary N) is 4. The van der Waals surface area contributed by atoms with Crippen molar-refractivity contribution in [2.45, 2.75) is 38.9 Å². The number of hydrogen-bond donors (Lipinski definition) is 4. The standard InChI is InChI=1S/C29H31ClN6O7/c1-3-10-43-29(42)31-13-25(38)32-16-35(28(41)33-20-6-4-17(2)22(30)12-20)14-18-5-7-21-19(11-18)15-36(27(21)40)23-8-9-24(37)34-26(23)39/h3-7,11-12,23H,1,8-10,13-16H2,2H3,(H,31,42)(H,32,38)(H,33,41)(H,34,37,39). The number of rotatable bonds is 10. The summed E-state index contributed by atoms with van der Waals surface area (Å²) in [6, 6.07) is 8.85. The summed E-state index contributed by atoms with van der Waals surface area (Å²) in [5.41, 5.74) is 3.05. The first-order valence-corrected chi connectivity index (χ1v) is 13.8. The number of imide groups is 1. The van der Waals surface area contributed by atoms with E-state index in [-0.39, 0.29) is 57.6 Å². The molecular formula is C29H31ClN6O7. The van der Waals surface area contributed by atoms with E-state index in [0.29, 0.717) is 27.4 Å². The van der Waals surface area contributed by atoms with Gasteiger partial charge in [0.25, 0.3) is 5.91 Å². The fourth-order valence-electron chi connectivity index (χ4n) is 4.60. The Balaban J connectivity index is 1.46. The molecule has 13 nitrogen and oxygen atoms in total. The van der Waals surface area contributed by atoms with E-state index < -0.39 is 30.0 Å². The van der Waals surface area contributed by atoms with Crippen molar-refractivity contribution in [3.8, 4) is 0 Å². The maximum absolute atomic E-state index is 13.3. The van der Waals surface area contributed by atoms with Gasteiger partial charge in [-0.1, -0.05) is 42.5 Å². The number of benzene rings is 2. The summed E-state index contributed by atoms with van der Waals surface area (Å²) in [6.07, 6.45) is 0.989. The van der Waals surface area contributed by atoms with Crippen LogP contribution in [0, 0.1) is 6.92 Å². The van der Waals surface area contributed by atoms with Gasteiger partial charge >= 0.3 is 12.1 Å². The number of alkyl carbamates (subject to hydrolysis) is 1. The van der Waals surface area contributed by atoms with E-state index in [1.54, 1.807) is 36.4 Å². The maximum Gasteiger partial charge on any atom is 0.407 e. The van der Waals surface area contributed by atoms with Gasteiger partial charge in [0.15, 0.2) is 0 Å². The molecule has 4 N–H and O–H groups in total. The molecule has 2 heterocycles. The van der Waals surface area contributed by atoms with E-state index >= 15 is 0 Å². The van der Waals surface area contributed by atoms with Gasteiger partial charge in [-0.15, -0.1) is 0 Å². The SMILES string of the molecule is C=CCOC(=O)NCC(=O)NCN(Cc1ccc2c(c1)CN(C1CCC(=O)NC1=O)C2=O)C(=O)Nc1ccc(C)c(Cl)c1. The predicted octanol–water partition coefficient (Wildman–Crippen LogP) is 2.43. The van der Waals surface area contributed by atoms with Crippen molar-refractivity contribution in [2.75, 3.05) is 25.1 Å². The van der Waals surface area contributed by atoms with Crippen LogP contribution in [0.1, 0.15) is 39.9 Å². The summed E-state index contributed by atoms with van der Waals surface area (Å²) in [6.45, 7) is 4.88. The molecule has 14 heteroatoms. The molecule has 43 heavy (non-hydrogen) atoms. The summed E-state index contributed by atoms with van der Waals surface area (Å²) in [5, 5.41) is 10.4. The summed E-state index contributed by atoms with van der Waals surface area (Å²) < 4.78 is 4.77. The summed E-state index contributed by atoms with van der Waals surface area (Å²) >= 11 is 6.21. The molecule has 2 aliphatic rings. The second-order valence-corrected chi connectivity index (χ2v) is 10.4. The maximum atomic E-state index is 13.3. The molecule has 2 aromatic carbocycles. The first-order valence-electron chi connectivity index (χ1n) is 13.4. The van der Waals surface area contributed by atoms with Crippen molar-refractivity contribution in [3.05, 3.63) is 76.3 Å². The molecule has 0 spiro atoms. The molecule has 0 saturated carbocycles. The van der Waals surface area contributed by atoms with E-state index in [1.165, 1.54) is 15.9 Å². The quantitative estimate of drug-likeness (QED) is 0.182. The third kappa shape index (κ3) is 7.89. The highest BCUT2D eigenvalue weighted by Gasteiger charge is 2.39. The number of carbonyl (C=O) groups excluding carboxylic acids is 6. The van der Waals surface area contributed by atoms with Crippen LogP contribution in [0.5, 0.6) is 0 Å². The van der Waals surface area contributed by atoms with Crippen molar-refractivity contribution in [2.24, 2.45) is 0 Å². The minimum atomic E-state index is -0.792. The van der Waals surface area contributed by atoms with Crippen molar-refractivity contribution in [3.63, 3.8) is 0 Å². The number of urea groups is 1. The Hall–Kier alpha value is -4.91. The van der Waals surface area contributed by atoms with Gasteiger partial charge in [-0.3, -0.25) is 24.5 Å². The van der Waals surface area contributed by atoms with E-state index in [2.05, 4.69) is 27.8 Å². The minimum absolute atomic E-state index is 0.0118. The third-order valence-corrected chi connectivity index (χ3v) is 7.27. The second kappa shape index (κ2) is 13.8. The Morgan fingerprint density at radius 1 is 1.16 bits per heavy atom. The second-order valence-electron chi connectivity index (χ2n) is 9.98. The normalized spacial score (nSPS) is 15.7. The fraction of sp³-hybridized carbons (Fsp3) is 0.310. The van der Waals surface area contributed by atoms with Gasteiger partial charge in [0.2, 0.25) is 17.7 Å². The molecule has 1 unspecified atom stereocenters. The van der Waals surface area contributed by atoms with Gasteiger partial charge in [-0.05, 0) is 48.2 Å². The van der Waals surface area contributed by atoms with Gasteiger partial charge in [0.1, 0.15) is 19.2 Å². The van der Waals surface area contributed by atoms with E-state index in [9.17, 15) is 28.8 Å². The largest absolute Gasteiger partial charge is 0.445 e. The molecule has 4 rings (SSSR count). The molecule has 0 radical (unpaired) electrons. The topological polar surface area (TPSA) is 166 Å². The van der Waals surface area contributed by atoms with Crippen LogP contribution in [0.2, 0.25) is 5.02 Å². The van der Waals surface area contributed by atoms with Crippen LogP contribution < -0.4 is 21.3 Å². The molecule has 2 aliphatic heterocycles. The van der Waals surface area contributed by atoms with Crippen molar-refractivity contribution in [1.29, 1.82) is 0 Å². The number of aryl methyl sites for hydroxylation is 1. The first-order chi connectivity index (χ1) is 20.5. The number of nitrogens with zero attached hydrogens (tertiary/aromatic N) is 2. The molecule has 1 fully saturated rings. The predicted molar refractivity (Wildman–Crippen MR) is 156 cm³/mol. The van der Waals surface area contributed by atoms with Crippen LogP contribution in [0.15, 0.2) is 49.1 Å². The smallest absolute Gasteiger partial charge is 0.407 e. The summed E-state index contributed by atoms with van der Waals surface area (Å²) in [4.78, 5) is 77.0. The molecule has 1 atom stereocenters. The molecular weight excluding hydrogens is 580 g/mol. The Morgan fingerprint density at radius 3 is 2.67 bits per heavy atom. The average molecular weight is 611 g/mol. The number of ether oxygens (including phenoxy) is 1. The lowest BCUT2D eigenvalue weighted by atomic mass is 10.0. The fourth-order valence-corrected chi connectivity index (χ4v) is 4.78. The number of fused-ring (bicyclic) bond motifs is 1. The lowest BCUT2D eigenvalue weighted by Crippen LogP contribution is -2.52. The number of hydrogen-bond acceptors (Lipinski definition) is 7. The van der Waals surface area contributed by atoms with Gasteiger partial charge in [0.05, 0.1) is 6.67 Å². The van der Waals surface area contributed by atoms with Crippen LogP contribution >= 0.6 is 11.6 Å². The van der Waals surface area contributed by atoms with Crippen LogP contribution in [-0.4, -0.2) is 71.4 Å². The lowest BCUT2D eigenvalue weighted by molar-refractivity contribution is -0.137. The monoisotopic (exact) mass is 610 g/mol. The van der Waals surface area contributed by atoms with Crippen molar-refractivity contribution in [1.82, 2.24) is 25.8 Å². The molecule has 1 saturated heterocycles. The zero-order valence-electron chi connectivity index (χ0n) is 23.4. The highest BCUT2D eigenvalue weighted by Crippen LogP contribution is 2.28. The van der Waals surface area contributed by atoms with Crippen LogP contribution in [0.3, 0.4) is 0 Å². The number of piperidine rings is 1. The highest BCUT2D eigenvalue weighted by atomic mass is 35.5. The van der Waals surface area contributed by atoms with Crippen LogP contribution in [0.25, 0.3) is 0 Å². The molecule has 226 valence electrons. The number of halogens is 1. The summed E-state index contributed by atoms with van der Waals surface area (Å²) in [5.74, 6) is -1.75. The van der Waals surface area contributed by atoms with Gasteiger partial charge < -0.3 is 30.5 Å².